The van der Waals surface area contributed by atoms with Crippen molar-refractivity contribution in [3.8, 4) is 0 Å². The molecule has 1 saturated heterocycles. The van der Waals surface area contributed by atoms with Crippen LogP contribution in [0.3, 0.4) is 0 Å². The van der Waals surface area contributed by atoms with Gasteiger partial charge in [0.25, 0.3) is 0 Å². The maximum Gasteiger partial charge on any atom is 0.110 e. The van der Waals surface area contributed by atoms with Gasteiger partial charge in [0.15, 0.2) is 0 Å². The summed E-state index contributed by atoms with van der Waals surface area (Å²) < 4.78 is 5.88. The van der Waals surface area contributed by atoms with E-state index in [1.165, 1.54) is 5.01 Å². The second-order valence-corrected chi connectivity index (χ2v) is 6.45. The van der Waals surface area contributed by atoms with Gasteiger partial charge in [0.2, 0.25) is 0 Å². The third-order valence-corrected chi connectivity index (χ3v) is 4.98. The van der Waals surface area contributed by atoms with E-state index >= 15 is 0 Å². The van der Waals surface area contributed by atoms with Crippen LogP contribution in [0.5, 0.6) is 0 Å². The Kier molecular flexibility index (Phi) is 4.41. The molecule has 0 bridgehead atoms. The van der Waals surface area contributed by atoms with Crippen LogP contribution in [-0.4, -0.2) is 23.2 Å². The molecule has 2 heterocycles. The van der Waals surface area contributed by atoms with E-state index in [0.717, 1.165) is 31.6 Å². The Hall–Kier alpha value is -0.450. The van der Waals surface area contributed by atoms with E-state index < -0.39 is 0 Å². The van der Waals surface area contributed by atoms with Gasteiger partial charge in [-0.15, -0.1) is 11.3 Å². The van der Waals surface area contributed by atoms with Crippen LogP contribution >= 0.6 is 11.3 Å². The van der Waals surface area contributed by atoms with Gasteiger partial charge in [-0.05, 0) is 40.0 Å². The Bertz CT molecular complexity index is 393. The minimum atomic E-state index is 0.0500. The zero-order valence-electron chi connectivity index (χ0n) is 11.8. The summed E-state index contributed by atoms with van der Waals surface area (Å²) >= 11 is 1.75. The second kappa shape index (κ2) is 5.68. The lowest BCUT2D eigenvalue weighted by molar-refractivity contribution is -0.0789. The first-order valence-corrected chi connectivity index (χ1v) is 7.72. The van der Waals surface area contributed by atoms with Crippen molar-refractivity contribution in [3.05, 3.63) is 16.1 Å². The number of nitrogens with zero attached hydrogens (tertiary/aromatic N) is 1. The summed E-state index contributed by atoms with van der Waals surface area (Å²) in [7, 11) is 0. The Balaban J connectivity index is 1.93. The molecule has 0 spiro atoms. The molecule has 1 aromatic heterocycles. The summed E-state index contributed by atoms with van der Waals surface area (Å²) in [5.41, 5.74) is 1.17. The summed E-state index contributed by atoms with van der Waals surface area (Å²) in [4.78, 5) is 4.56. The lowest BCUT2D eigenvalue weighted by atomic mass is 9.89. The highest BCUT2D eigenvalue weighted by atomic mass is 32.1. The highest BCUT2D eigenvalue weighted by Crippen LogP contribution is 2.29. The van der Waals surface area contributed by atoms with Crippen LogP contribution in [-0.2, 0) is 4.74 Å². The topological polar surface area (TPSA) is 34.2 Å². The number of rotatable bonds is 4. The van der Waals surface area contributed by atoms with Gasteiger partial charge in [-0.25, -0.2) is 4.98 Å². The predicted octanol–water partition coefficient (Wildman–Crippen LogP) is 3.45. The zero-order chi connectivity index (χ0) is 13.2. The number of hydrogen-bond donors (Lipinski definition) is 1. The smallest absolute Gasteiger partial charge is 0.110 e. The van der Waals surface area contributed by atoms with Crippen LogP contribution < -0.4 is 5.32 Å². The van der Waals surface area contributed by atoms with Crippen molar-refractivity contribution in [1.29, 1.82) is 0 Å². The molecular formula is C14H24N2OS. The van der Waals surface area contributed by atoms with Gasteiger partial charge in [0.1, 0.15) is 5.01 Å². The third-order valence-electron chi connectivity index (χ3n) is 3.84. The average Bonchev–Trinajstić information content (AvgIpc) is 2.76. The maximum atomic E-state index is 5.88. The fourth-order valence-electron chi connectivity index (χ4n) is 2.51. The van der Waals surface area contributed by atoms with Crippen LogP contribution in [0.25, 0.3) is 0 Å². The summed E-state index contributed by atoms with van der Waals surface area (Å²) in [6.45, 7) is 9.55. The van der Waals surface area contributed by atoms with Gasteiger partial charge in [-0.3, -0.25) is 0 Å². The average molecular weight is 268 g/mol. The van der Waals surface area contributed by atoms with Crippen LogP contribution in [0.4, 0.5) is 0 Å². The first kappa shape index (κ1) is 14.0. The van der Waals surface area contributed by atoms with Gasteiger partial charge in [-0.1, -0.05) is 6.92 Å². The number of thiazole rings is 1. The molecule has 0 radical (unpaired) electrons. The molecule has 3 nitrogen and oxygen atoms in total. The number of aryl methyl sites for hydroxylation is 1. The molecule has 0 aromatic carbocycles. The Morgan fingerprint density at radius 3 is 3.06 bits per heavy atom. The maximum absolute atomic E-state index is 5.88. The first-order chi connectivity index (χ1) is 8.52. The summed E-state index contributed by atoms with van der Waals surface area (Å²) in [5.74, 6) is 0. The summed E-state index contributed by atoms with van der Waals surface area (Å²) in [6, 6.07) is 0.885. The van der Waals surface area contributed by atoms with Crippen molar-refractivity contribution in [2.45, 2.75) is 64.6 Å². The van der Waals surface area contributed by atoms with Crippen molar-refractivity contribution in [2.75, 3.05) is 6.61 Å². The van der Waals surface area contributed by atoms with E-state index in [1.54, 1.807) is 11.3 Å². The number of aromatic nitrogens is 1. The number of hydrogen-bond acceptors (Lipinski definition) is 4. The molecule has 3 atom stereocenters. The van der Waals surface area contributed by atoms with Crippen LogP contribution in [0, 0.1) is 6.92 Å². The molecule has 4 heteroatoms. The molecule has 1 fully saturated rings. The molecule has 1 aliphatic heterocycles. The number of ether oxygens (including phenoxy) is 1. The van der Waals surface area contributed by atoms with Crippen LogP contribution in [0.15, 0.2) is 5.38 Å². The van der Waals surface area contributed by atoms with E-state index in [4.69, 9.17) is 4.74 Å². The van der Waals surface area contributed by atoms with E-state index in [0.29, 0.717) is 12.1 Å². The van der Waals surface area contributed by atoms with E-state index in [1.807, 2.05) is 0 Å². The molecule has 3 unspecified atom stereocenters. The normalized spacial score (nSPS) is 30.3. The molecule has 0 saturated carbocycles. The standard InChI is InChI=1S/C14H24N2OS/c1-5-14(4)8-12(6-7-17-14)16-11(3)13-15-10(2)9-18-13/h9,11-12,16H,5-8H2,1-4H3. The summed E-state index contributed by atoms with van der Waals surface area (Å²) in [6.07, 6.45) is 3.28. The molecule has 1 N–H and O–H groups in total. The first-order valence-electron chi connectivity index (χ1n) is 6.84. The zero-order valence-corrected chi connectivity index (χ0v) is 12.6. The van der Waals surface area contributed by atoms with Gasteiger partial charge in [0.05, 0.1) is 11.6 Å². The molecule has 18 heavy (non-hydrogen) atoms. The molecule has 1 aromatic rings. The Labute approximate surface area is 114 Å². The largest absolute Gasteiger partial charge is 0.375 e. The van der Waals surface area contributed by atoms with Gasteiger partial charge in [-0.2, -0.15) is 0 Å². The summed E-state index contributed by atoms with van der Waals surface area (Å²) in [5, 5.41) is 7.02. The molecule has 0 amide bonds. The third kappa shape index (κ3) is 3.31. The van der Waals surface area contributed by atoms with Crippen molar-refractivity contribution in [1.82, 2.24) is 10.3 Å². The van der Waals surface area contributed by atoms with Crippen molar-refractivity contribution in [3.63, 3.8) is 0 Å². The van der Waals surface area contributed by atoms with Crippen LogP contribution in [0.2, 0.25) is 0 Å². The Morgan fingerprint density at radius 2 is 2.44 bits per heavy atom. The van der Waals surface area contributed by atoms with E-state index in [2.05, 4.69) is 43.4 Å². The fourth-order valence-corrected chi connectivity index (χ4v) is 3.33. The highest BCUT2D eigenvalue weighted by molar-refractivity contribution is 7.09. The SMILES string of the molecule is CCC1(C)CC(NC(C)c2nc(C)cs2)CCO1. The van der Waals surface area contributed by atoms with Crippen LogP contribution in [0.1, 0.15) is 56.8 Å². The quantitative estimate of drug-likeness (QED) is 0.908. The van der Waals surface area contributed by atoms with Crippen molar-refractivity contribution >= 4 is 11.3 Å². The van der Waals surface area contributed by atoms with E-state index in [9.17, 15) is 0 Å². The lowest BCUT2D eigenvalue weighted by Gasteiger charge is -2.39. The highest BCUT2D eigenvalue weighted by Gasteiger charge is 2.32. The van der Waals surface area contributed by atoms with E-state index in [-0.39, 0.29) is 5.60 Å². The van der Waals surface area contributed by atoms with Crippen molar-refractivity contribution in [2.24, 2.45) is 0 Å². The predicted molar refractivity (Wildman–Crippen MR) is 76.1 cm³/mol. The van der Waals surface area contributed by atoms with Gasteiger partial charge >= 0.3 is 0 Å². The lowest BCUT2D eigenvalue weighted by Crippen LogP contribution is -2.45. The van der Waals surface area contributed by atoms with Gasteiger partial charge in [0, 0.05) is 23.7 Å². The Morgan fingerprint density at radius 1 is 1.67 bits per heavy atom. The van der Waals surface area contributed by atoms with Crippen molar-refractivity contribution < 1.29 is 4.74 Å². The fraction of sp³-hybridized carbons (Fsp3) is 0.786. The second-order valence-electron chi connectivity index (χ2n) is 5.56. The number of nitrogens with one attached hydrogen (secondary N) is 1. The minimum absolute atomic E-state index is 0.0500. The molecule has 1 aliphatic rings. The molecular weight excluding hydrogens is 244 g/mol. The monoisotopic (exact) mass is 268 g/mol. The molecule has 102 valence electrons. The minimum Gasteiger partial charge on any atom is -0.375 e. The van der Waals surface area contributed by atoms with Gasteiger partial charge < -0.3 is 10.1 Å². The molecule has 0 aliphatic carbocycles. The molecule has 2 rings (SSSR count).